The van der Waals surface area contributed by atoms with Crippen LogP contribution in [0, 0.1) is 0 Å². The van der Waals surface area contributed by atoms with E-state index in [1.54, 1.807) is 14.2 Å². The van der Waals surface area contributed by atoms with Crippen molar-refractivity contribution in [2.45, 2.75) is 0 Å². The largest absolute Gasteiger partial charge is 0.495 e. The third-order valence-electron chi connectivity index (χ3n) is 5.00. The molecule has 0 unspecified atom stereocenters. The minimum atomic E-state index is -0.889. The molecule has 0 aromatic heterocycles. The van der Waals surface area contributed by atoms with Gasteiger partial charge in [0.1, 0.15) is 11.5 Å². The van der Waals surface area contributed by atoms with E-state index in [9.17, 15) is 0 Å². The van der Waals surface area contributed by atoms with E-state index in [-0.39, 0.29) is 0 Å². The Morgan fingerprint density at radius 2 is 1.13 bits per heavy atom. The van der Waals surface area contributed by atoms with Crippen LogP contribution in [-0.2, 0) is 0 Å². The molecule has 0 saturated carbocycles. The quantitative estimate of drug-likeness (QED) is 0.304. The van der Waals surface area contributed by atoms with E-state index in [1.807, 2.05) is 36.4 Å². The van der Waals surface area contributed by atoms with Crippen LogP contribution in [0.4, 0.5) is 0 Å². The Bertz CT molecular complexity index is 1140. The number of hydrogen-bond donors (Lipinski definition) is 0. The van der Waals surface area contributed by atoms with Crippen LogP contribution >= 0.6 is 31.1 Å². The molecule has 4 rings (SSSR count). The molecule has 0 fully saturated rings. The zero-order valence-corrected chi connectivity index (χ0v) is 19.6. The highest BCUT2D eigenvalue weighted by Crippen LogP contribution is 2.47. The van der Waals surface area contributed by atoms with Gasteiger partial charge in [-0.25, -0.2) is 0 Å². The average molecular weight is 467 g/mol. The van der Waals surface area contributed by atoms with Crippen molar-refractivity contribution in [1.82, 2.24) is 0 Å². The van der Waals surface area contributed by atoms with Crippen LogP contribution in [-0.4, -0.2) is 14.2 Å². The SMILES string of the molecule is COc1c(Cl)cccc1-c1c(P(c2ccccc2)c2ccccc2)ccc(Cl)c1OC. The van der Waals surface area contributed by atoms with Gasteiger partial charge in [-0.2, -0.15) is 0 Å². The molecule has 4 aromatic carbocycles. The lowest BCUT2D eigenvalue weighted by molar-refractivity contribution is 0.411. The van der Waals surface area contributed by atoms with Gasteiger partial charge in [0.25, 0.3) is 0 Å². The number of halogens is 2. The van der Waals surface area contributed by atoms with Crippen molar-refractivity contribution in [1.29, 1.82) is 0 Å². The first-order valence-corrected chi connectivity index (χ1v) is 11.8. The molecule has 0 aliphatic carbocycles. The molecule has 0 aliphatic heterocycles. The molecular weight excluding hydrogens is 446 g/mol. The zero-order valence-electron chi connectivity index (χ0n) is 17.2. The molecule has 31 heavy (non-hydrogen) atoms. The molecule has 5 heteroatoms. The first kappa shape index (κ1) is 21.7. The Balaban J connectivity index is 2.08. The Morgan fingerprint density at radius 3 is 1.68 bits per heavy atom. The molecule has 156 valence electrons. The highest BCUT2D eigenvalue weighted by Gasteiger charge is 2.26. The van der Waals surface area contributed by atoms with Crippen LogP contribution < -0.4 is 25.4 Å². The molecular formula is C26H21Cl2O2P. The van der Waals surface area contributed by atoms with E-state index in [0.717, 1.165) is 16.4 Å². The zero-order chi connectivity index (χ0) is 21.8. The van der Waals surface area contributed by atoms with Crippen LogP contribution in [0.3, 0.4) is 0 Å². The van der Waals surface area contributed by atoms with Gasteiger partial charge < -0.3 is 9.47 Å². The van der Waals surface area contributed by atoms with Crippen molar-refractivity contribution in [2.24, 2.45) is 0 Å². The summed E-state index contributed by atoms with van der Waals surface area (Å²) in [6.45, 7) is 0. The lowest BCUT2D eigenvalue weighted by Gasteiger charge is -2.25. The van der Waals surface area contributed by atoms with Crippen molar-refractivity contribution in [2.75, 3.05) is 14.2 Å². The van der Waals surface area contributed by atoms with Crippen molar-refractivity contribution in [3.05, 3.63) is 101 Å². The maximum absolute atomic E-state index is 6.59. The summed E-state index contributed by atoms with van der Waals surface area (Å²) in [5.74, 6) is 1.21. The van der Waals surface area contributed by atoms with E-state index >= 15 is 0 Å². The monoisotopic (exact) mass is 466 g/mol. The Labute approximate surface area is 194 Å². The topological polar surface area (TPSA) is 18.5 Å². The molecule has 0 amide bonds. The van der Waals surface area contributed by atoms with E-state index in [0.29, 0.717) is 21.5 Å². The molecule has 4 aromatic rings. The van der Waals surface area contributed by atoms with Crippen LogP contribution in [0.25, 0.3) is 11.1 Å². The third-order valence-corrected chi connectivity index (χ3v) is 8.08. The number of methoxy groups -OCH3 is 2. The van der Waals surface area contributed by atoms with Crippen molar-refractivity contribution in [3.8, 4) is 22.6 Å². The Hall–Kier alpha value is -2.51. The van der Waals surface area contributed by atoms with E-state index in [2.05, 4.69) is 54.6 Å². The fourth-order valence-electron chi connectivity index (χ4n) is 3.69. The second-order valence-electron chi connectivity index (χ2n) is 6.80. The van der Waals surface area contributed by atoms with Gasteiger partial charge in [-0.3, -0.25) is 0 Å². The summed E-state index contributed by atoms with van der Waals surface area (Å²) in [4.78, 5) is 0. The summed E-state index contributed by atoms with van der Waals surface area (Å²) < 4.78 is 11.5. The second-order valence-corrected chi connectivity index (χ2v) is 9.80. The number of para-hydroxylation sites is 1. The van der Waals surface area contributed by atoms with Gasteiger partial charge in [-0.15, -0.1) is 0 Å². The maximum Gasteiger partial charge on any atom is 0.146 e. The summed E-state index contributed by atoms with van der Waals surface area (Å²) in [6.07, 6.45) is 0. The van der Waals surface area contributed by atoms with Crippen molar-refractivity contribution >= 4 is 47.0 Å². The van der Waals surface area contributed by atoms with Gasteiger partial charge in [-0.1, -0.05) is 102 Å². The van der Waals surface area contributed by atoms with Crippen LogP contribution in [0.1, 0.15) is 0 Å². The predicted molar refractivity (Wildman–Crippen MR) is 134 cm³/mol. The lowest BCUT2D eigenvalue weighted by atomic mass is 10.0. The average Bonchev–Trinajstić information content (AvgIpc) is 2.81. The maximum atomic E-state index is 6.59. The van der Waals surface area contributed by atoms with E-state index < -0.39 is 7.92 Å². The predicted octanol–water partition coefficient (Wildman–Crippen LogP) is 6.44. The van der Waals surface area contributed by atoms with Gasteiger partial charge in [0.05, 0.1) is 24.3 Å². The van der Waals surface area contributed by atoms with Crippen molar-refractivity contribution < 1.29 is 9.47 Å². The normalized spacial score (nSPS) is 10.9. The molecule has 0 atom stereocenters. The van der Waals surface area contributed by atoms with E-state index in [1.165, 1.54) is 10.6 Å². The molecule has 0 saturated heterocycles. The summed E-state index contributed by atoms with van der Waals surface area (Å²) >= 11 is 13.1. The molecule has 0 bridgehead atoms. The highest BCUT2D eigenvalue weighted by atomic mass is 35.5. The molecule has 0 spiro atoms. The van der Waals surface area contributed by atoms with Gasteiger partial charge >= 0.3 is 0 Å². The van der Waals surface area contributed by atoms with Gasteiger partial charge in [0, 0.05) is 11.1 Å². The fraction of sp³-hybridized carbons (Fsp3) is 0.0769. The minimum Gasteiger partial charge on any atom is -0.495 e. The van der Waals surface area contributed by atoms with E-state index in [4.69, 9.17) is 32.7 Å². The molecule has 2 nitrogen and oxygen atoms in total. The number of ether oxygens (including phenoxy) is 2. The van der Waals surface area contributed by atoms with Crippen molar-refractivity contribution in [3.63, 3.8) is 0 Å². The smallest absolute Gasteiger partial charge is 0.146 e. The molecule has 0 radical (unpaired) electrons. The minimum absolute atomic E-state index is 0.539. The first-order valence-electron chi connectivity index (χ1n) is 9.75. The summed E-state index contributed by atoms with van der Waals surface area (Å²) in [5.41, 5.74) is 1.75. The first-order chi connectivity index (χ1) is 15.2. The van der Waals surface area contributed by atoms with Gasteiger partial charge in [-0.05, 0) is 36.0 Å². The fourth-order valence-corrected chi connectivity index (χ4v) is 6.64. The van der Waals surface area contributed by atoms with Crippen LogP contribution in [0.2, 0.25) is 10.0 Å². The van der Waals surface area contributed by atoms with Crippen LogP contribution in [0.15, 0.2) is 91.0 Å². The standard InChI is InChI=1S/C26H21Cl2O2P/c1-29-25-20(14-9-15-21(25)27)24-23(17-16-22(28)26(24)30-2)31(18-10-5-3-6-11-18)19-12-7-4-8-13-19/h3-17H,1-2H3. The third kappa shape index (κ3) is 4.29. The second kappa shape index (κ2) is 9.75. The Kier molecular flexibility index (Phi) is 6.83. The van der Waals surface area contributed by atoms with Gasteiger partial charge in [0.2, 0.25) is 0 Å². The summed E-state index contributed by atoms with van der Waals surface area (Å²) in [5, 5.41) is 4.66. The molecule has 0 N–H and O–H groups in total. The summed E-state index contributed by atoms with van der Waals surface area (Å²) in [7, 11) is 2.37. The van der Waals surface area contributed by atoms with Crippen LogP contribution in [0.5, 0.6) is 11.5 Å². The highest BCUT2D eigenvalue weighted by molar-refractivity contribution is 7.80. The number of hydrogen-bond acceptors (Lipinski definition) is 2. The molecule has 0 heterocycles. The Morgan fingerprint density at radius 1 is 0.581 bits per heavy atom. The number of rotatable bonds is 6. The van der Waals surface area contributed by atoms with Gasteiger partial charge in [0.15, 0.2) is 0 Å². The summed E-state index contributed by atoms with van der Waals surface area (Å²) in [6, 6.07) is 30.7. The number of benzene rings is 4. The molecule has 0 aliphatic rings. The lowest BCUT2D eigenvalue weighted by Crippen LogP contribution is -2.22.